The highest BCUT2D eigenvalue weighted by atomic mass is 32.1. The third-order valence-corrected chi connectivity index (χ3v) is 3.09. The van der Waals surface area contributed by atoms with Crippen LogP contribution in [0.15, 0.2) is 30.5 Å². The summed E-state index contributed by atoms with van der Waals surface area (Å²) < 4.78 is 38.2. The molecule has 4 nitrogen and oxygen atoms in total. The molecule has 0 bridgehead atoms. The lowest BCUT2D eigenvalue weighted by molar-refractivity contribution is -0.136. The molecular weight excluding hydrogens is 281 g/mol. The first kappa shape index (κ1) is 13.3. The van der Waals surface area contributed by atoms with E-state index in [0.717, 1.165) is 23.6 Å². The van der Waals surface area contributed by atoms with Gasteiger partial charge in [0, 0.05) is 0 Å². The van der Waals surface area contributed by atoms with Gasteiger partial charge in [-0.1, -0.05) is 23.5 Å². The number of halogens is 3. The SMILES string of the molecule is O=C(O)c1cnc(Nc2ccccc2C(F)(F)F)s1. The molecule has 0 aliphatic carbocycles. The first-order chi connectivity index (χ1) is 8.88. The van der Waals surface area contributed by atoms with Crippen molar-refractivity contribution in [2.24, 2.45) is 0 Å². The van der Waals surface area contributed by atoms with Gasteiger partial charge in [-0.2, -0.15) is 13.2 Å². The Hall–Kier alpha value is -2.09. The summed E-state index contributed by atoms with van der Waals surface area (Å²) in [5.74, 6) is -1.17. The first-order valence-electron chi connectivity index (χ1n) is 5.00. The molecule has 0 unspecified atom stereocenters. The van der Waals surface area contributed by atoms with E-state index in [1.165, 1.54) is 18.2 Å². The Bertz CT molecular complexity index is 610. The van der Waals surface area contributed by atoms with E-state index in [9.17, 15) is 18.0 Å². The van der Waals surface area contributed by atoms with Gasteiger partial charge in [-0.15, -0.1) is 0 Å². The second-order valence-electron chi connectivity index (χ2n) is 3.50. The van der Waals surface area contributed by atoms with Crippen LogP contribution in [0.3, 0.4) is 0 Å². The summed E-state index contributed by atoms with van der Waals surface area (Å²) in [5, 5.41) is 11.3. The molecule has 0 saturated heterocycles. The number of para-hydroxylation sites is 1. The minimum atomic E-state index is -4.49. The van der Waals surface area contributed by atoms with E-state index in [0.29, 0.717) is 0 Å². The molecule has 0 atom stereocenters. The molecule has 0 aliphatic heterocycles. The van der Waals surface area contributed by atoms with Crippen molar-refractivity contribution in [3.63, 3.8) is 0 Å². The van der Waals surface area contributed by atoms with Crippen molar-refractivity contribution in [3.8, 4) is 0 Å². The van der Waals surface area contributed by atoms with Gasteiger partial charge in [-0.25, -0.2) is 9.78 Å². The molecule has 2 aromatic rings. The van der Waals surface area contributed by atoms with Crippen molar-refractivity contribution in [3.05, 3.63) is 40.9 Å². The summed E-state index contributed by atoms with van der Waals surface area (Å²) in [7, 11) is 0. The summed E-state index contributed by atoms with van der Waals surface area (Å²) in [6.07, 6.45) is -3.40. The smallest absolute Gasteiger partial charge is 0.418 e. The number of aromatic carboxylic acids is 1. The van der Waals surface area contributed by atoms with E-state index in [1.54, 1.807) is 0 Å². The summed E-state index contributed by atoms with van der Waals surface area (Å²) in [6, 6.07) is 4.92. The highest BCUT2D eigenvalue weighted by Crippen LogP contribution is 2.36. The Morgan fingerprint density at radius 2 is 2.00 bits per heavy atom. The van der Waals surface area contributed by atoms with Crippen LogP contribution in [0.2, 0.25) is 0 Å². The lowest BCUT2D eigenvalue weighted by Gasteiger charge is -2.12. The van der Waals surface area contributed by atoms with Crippen molar-refractivity contribution >= 4 is 28.1 Å². The van der Waals surface area contributed by atoms with Gasteiger partial charge in [-0.3, -0.25) is 0 Å². The van der Waals surface area contributed by atoms with Gasteiger partial charge in [-0.05, 0) is 12.1 Å². The van der Waals surface area contributed by atoms with Crippen molar-refractivity contribution in [1.29, 1.82) is 0 Å². The van der Waals surface area contributed by atoms with Crippen molar-refractivity contribution in [1.82, 2.24) is 4.98 Å². The fraction of sp³-hybridized carbons (Fsp3) is 0.0909. The largest absolute Gasteiger partial charge is 0.477 e. The van der Waals surface area contributed by atoms with Gasteiger partial charge in [0.25, 0.3) is 0 Å². The van der Waals surface area contributed by atoms with Gasteiger partial charge in [0.2, 0.25) is 0 Å². The standard InChI is InChI=1S/C11H7F3N2O2S/c12-11(13,14)6-3-1-2-4-7(6)16-10-15-5-8(19-10)9(17)18/h1-5H,(H,15,16)(H,17,18). The monoisotopic (exact) mass is 288 g/mol. The summed E-state index contributed by atoms with van der Waals surface area (Å²) in [4.78, 5) is 14.3. The average Bonchev–Trinajstić information content (AvgIpc) is 2.77. The van der Waals surface area contributed by atoms with Gasteiger partial charge in [0.05, 0.1) is 17.4 Å². The fourth-order valence-electron chi connectivity index (χ4n) is 1.39. The maximum atomic E-state index is 12.7. The topological polar surface area (TPSA) is 62.2 Å². The van der Waals surface area contributed by atoms with Crippen LogP contribution in [-0.4, -0.2) is 16.1 Å². The maximum absolute atomic E-state index is 12.7. The van der Waals surface area contributed by atoms with Crippen molar-refractivity contribution in [2.45, 2.75) is 6.18 Å². The quantitative estimate of drug-likeness (QED) is 0.905. The number of rotatable bonds is 3. The summed E-state index contributed by atoms with van der Waals surface area (Å²) in [6.45, 7) is 0. The van der Waals surface area contributed by atoms with Gasteiger partial charge < -0.3 is 10.4 Å². The van der Waals surface area contributed by atoms with Crippen LogP contribution in [0.5, 0.6) is 0 Å². The van der Waals surface area contributed by atoms with E-state index in [2.05, 4.69) is 10.3 Å². The molecule has 2 N–H and O–H groups in total. The molecule has 0 aliphatic rings. The molecule has 8 heteroatoms. The third kappa shape index (κ3) is 3.02. The number of alkyl halides is 3. The Morgan fingerprint density at radius 1 is 1.32 bits per heavy atom. The Balaban J connectivity index is 2.30. The van der Waals surface area contributed by atoms with E-state index >= 15 is 0 Å². The van der Waals surface area contributed by atoms with Crippen molar-refractivity contribution < 1.29 is 23.1 Å². The molecule has 0 saturated carbocycles. The number of carboxylic acid groups (broad SMARTS) is 1. The second-order valence-corrected chi connectivity index (χ2v) is 4.53. The molecule has 1 aromatic carbocycles. The summed E-state index contributed by atoms with van der Waals surface area (Å²) >= 11 is 0.766. The lowest BCUT2D eigenvalue weighted by atomic mass is 10.2. The fourth-order valence-corrected chi connectivity index (χ4v) is 2.05. The zero-order valence-electron chi connectivity index (χ0n) is 9.23. The molecule has 0 amide bonds. The number of carbonyl (C=O) groups is 1. The van der Waals surface area contributed by atoms with Crippen LogP contribution in [-0.2, 0) is 6.18 Å². The molecule has 0 radical (unpaired) electrons. The highest BCUT2D eigenvalue weighted by Gasteiger charge is 2.33. The van der Waals surface area contributed by atoms with E-state index < -0.39 is 17.7 Å². The van der Waals surface area contributed by atoms with Crippen LogP contribution >= 0.6 is 11.3 Å². The molecule has 2 rings (SSSR count). The van der Waals surface area contributed by atoms with Gasteiger partial charge >= 0.3 is 12.1 Å². The Labute approximate surface area is 109 Å². The summed E-state index contributed by atoms with van der Waals surface area (Å²) in [5.41, 5.74) is -0.997. The molecule has 100 valence electrons. The van der Waals surface area contributed by atoms with Crippen LogP contribution in [0, 0.1) is 0 Å². The molecule has 1 aromatic heterocycles. The molecule has 0 spiro atoms. The van der Waals surface area contributed by atoms with E-state index in [-0.39, 0.29) is 15.7 Å². The zero-order valence-corrected chi connectivity index (χ0v) is 10.0. The number of benzene rings is 1. The number of hydrogen-bond acceptors (Lipinski definition) is 4. The molecule has 19 heavy (non-hydrogen) atoms. The number of thiazole rings is 1. The maximum Gasteiger partial charge on any atom is 0.418 e. The zero-order chi connectivity index (χ0) is 14.0. The Morgan fingerprint density at radius 3 is 2.58 bits per heavy atom. The second kappa shape index (κ2) is 4.88. The number of aromatic nitrogens is 1. The van der Waals surface area contributed by atoms with Gasteiger partial charge in [0.15, 0.2) is 5.13 Å². The molecule has 0 fully saturated rings. The molecular formula is C11H7F3N2O2S. The Kier molecular flexibility index (Phi) is 3.43. The van der Waals surface area contributed by atoms with Gasteiger partial charge in [0.1, 0.15) is 4.88 Å². The number of nitrogens with one attached hydrogen (secondary N) is 1. The van der Waals surface area contributed by atoms with Crippen LogP contribution in [0.25, 0.3) is 0 Å². The normalized spacial score (nSPS) is 11.3. The van der Waals surface area contributed by atoms with Crippen molar-refractivity contribution in [2.75, 3.05) is 5.32 Å². The van der Waals surface area contributed by atoms with Crippen LogP contribution in [0.4, 0.5) is 24.0 Å². The number of hydrogen-bond donors (Lipinski definition) is 2. The predicted molar refractivity (Wildman–Crippen MR) is 63.8 cm³/mol. The van der Waals surface area contributed by atoms with Crippen LogP contribution < -0.4 is 5.32 Å². The number of carboxylic acids is 1. The average molecular weight is 288 g/mol. The third-order valence-electron chi connectivity index (χ3n) is 2.19. The minimum Gasteiger partial charge on any atom is -0.477 e. The first-order valence-corrected chi connectivity index (χ1v) is 5.82. The number of anilines is 2. The number of nitrogens with zero attached hydrogens (tertiary/aromatic N) is 1. The van der Waals surface area contributed by atoms with E-state index in [1.807, 2.05) is 0 Å². The van der Waals surface area contributed by atoms with Crippen LogP contribution in [0.1, 0.15) is 15.2 Å². The predicted octanol–water partition coefficient (Wildman–Crippen LogP) is 3.60. The lowest BCUT2D eigenvalue weighted by Crippen LogP contribution is -2.08. The molecule has 1 heterocycles. The van der Waals surface area contributed by atoms with E-state index in [4.69, 9.17) is 5.11 Å². The highest BCUT2D eigenvalue weighted by molar-refractivity contribution is 7.17. The minimum absolute atomic E-state index is 0.0491.